The summed E-state index contributed by atoms with van der Waals surface area (Å²) in [4.78, 5) is 49.9. The van der Waals surface area contributed by atoms with Crippen LogP contribution in [0.2, 0.25) is 0 Å². The van der Waals surface area contributed by atoms with Crippen molar-refractivity contribution < 1.29 is 18.8 Å². The van der Waals surface area contributed by atoms with Gasteiger partial charge in [0.25, 0.3) is 0 Å². The summed E-state index contributed by atoms with van der Waals surface area (Å²) in [7, 11) is 0. The van der Waals surface area contributed by atoms with Crippen LogP contribution in [0.15, 0.2) is 54.9 Å². The number of likely N-dealkylation sites (tertiary alicyclic amines) is 1. The molecule has 1 aliphatic heterocycles. The molecular weight excluding hydrogens is 523 g/mol. The van der Waals surface area contributed by atoms with E-state index in [2.05, 4.69) is 27.3 Å². The van der Waals surface area contributed by atoms with E-state index in [0.29, 0.717) is 23.1 Å². The smallest absolute Gasteiger partial charge is 0.245 e. The van der Waals surface area contributed by atoms with Crippen LogP contribution in [-0.4, -0.2) is 54.3 Å². The van der Waals surface area contributed by atoms with Crippen LogP contribution < -0.4 is 5.32 Å². The Labute approximate surface area is 236 Å². The first-order chi connectivity index (χ1) is 19.5. The maximum absolute atomic E-state index is 13.8. The summed E-state index contributed by atoms with van der Waals surface area (Å²) in [5.74, 6) is -0.338. The van der Waals surface area contributed by atoms with E-state index in [-0.39, 0.29) is 53.2 Å². The van der Waals surface area contributed by atoms with Gasteiger partial charge in [-0.15, -0.1) is 0 Å². The quantitative estimate of drug-likeness (QED) is 0.339. The number of ketones is 1. The van der Waals surface area contributed by atoms with Crippen molar-refractivity contribution >= 4 is 28.5 Å². The Morgan fingerprint density at radius 1 is 1.07 bits per heavy atom. The number of aryl methyl sites for hydroxylation is 1. The van der Waals surface area contributed by atoms with Crippen LogP contribution in [0.25, 0.3) is 22.0 Å². The summed E-state index contributed by atoms with van der Waals surface area (Å²) in [6.07, 6.45) is 4.88. The molecule has 6 rings (SSSR count). The minimum atomic E-state index is -0.614. The zero-order valence-electron chi connectivity index (χ0n) is 23.4. The summed E-state index contributed by atoms with van der Waals surface area (Å²) >= 11 is 0. The lowest BCUT2D eigenvalue weighted by Crippen LogP contribution is -2.49. The van der Waals surface area contributed by atoms with E-state index in [9.17, 15) is 18.8 Å². The van der Waals surface area contributed by atoms with E-state index in [1.54, 1.807) is 34.1 Å². The lowest BCUT2D eigenvalue weighted by Gasteiger charge is -2.28. The van der Waals surface area contributed by atoms with Crippen LogP contribution in [0.4, 0.5) is 4.39 Å². The van der Waals surface area contributed by atoms with Gasteiger partial charge in [-0.1, -0.05) is 25.1 Å². The predicted molar refractivity (Wildman–Crippen MR) is 150 cm³/mol. The number of piperidine rings is 1. The van der Waals surface area contributed by atoms with Crippen LogP contribution in [0.1, 0.15) is 61.5 Å². The molecule has 2 aliphatic rings. The van der Waals surface area contributed by atoms with Gasteiger partial charge in [0.1, 0.15) is 29.9 Å². The molecule has 9 nitrogen and oxygen atoms in total. The van der Waals surface area contributed by atoms with Crippen molar-refractivity contribution in [3.8, 4) is 11.1 Å². The molecule has 1 saturated heterocycles. The SMILES string of the molecule is CC(=O)c1nn(CC(=O)N2[C@H](C(=O)N[C@@H](C)c3ccc(F)cc3)C[C@@]3(C)C[C@@H]23)c2ccc(-c3cnc(C)nc3)cc12. The molecule has 210 valence electrons. The number of halogens is 1. The summed E-state index contributed by atoms with van der Waals surface area (Å²) < 4.78 is 14.9. The predicted octanol–water partition coefficient (Wildman–Crippen LogP) is 4.40. The normalized spacial score (nSPS) is 21.9. The number of Topliss-reactive ketones (excluding diaryl/α,β-unsaturated/α-hetero) is 1. The topological polar surface area (TPSA) is 110 Å². The lowest BCUT2D eigenvalue weighted by atomic mass is 10.0. The fourth-order valence-electron chi connectivity index (χ4n) is 6.00. The first-order valence-corrected chi connectivity index (χ1v) is 13.7. The first-order valence-electron chi connectivity index (χ1n) is 13.7. The van der Waals surface area contributed by atoms with Gasteiger partial charge in [-0.05, 0) is 67.5 Å². The fraction of sp³-hybridized carbons (Fsp3) is 0.355. The van der Waals surface area contributed by atoms with Crippen molar-refractivity contribution in [2.75, 3.05) is 0 Å². The van der Waals surface area contributed by atoms with Gasteiger partial charge >= 0.3 is 0 Å². The minimum Gasteiger partial charge on any atom is -0.348 e. The summed E-state index contributed by atoms with van der Waals surface area (Å²) in [6, 6.07) is 10.6. The highest BCUT2D eigenvalue weighted by Gasteiger charge is 2.64. The lowest BCUT2D eigenvalue weighted by molar-refractivity contribution is -0.140. The number of fused-ring (bicyclic) bond motifs is 2. The molecule has 0 spiro atoms. The molecule has 2 aromatic carbocycles. The van der Waals surface area contributed by atoms with Crippen molar-refractivity contribution in [3.63, 3.8) is 0 Å². The second-order valence-corrected chi connectivity index (χ2v) is 11.5. The van der Waals surface area contributed by atoms with Gasteiger partial charge in [0.05, 0.1) is 11.6 Å². The van der Waals surface area contributed by atoms with E-state index < -0.39 is 6.04 Å². The van der Waals surface area contributed by atoms with Crippen molar-refractivity contribution in [3.05, 3.63) is 77.8 Å². The van der Waals surface area contributed by atoms with E-state index in [1.807, 2.05) is 32.0 Å². The van der Waals surface area contributed by atoms with Gasteiger partial charge < -0.3 is 10.2 Å². The zero-order chi connectivity index (χ0) is 29.1. The first kappa shape index (κ1) is 26.7. The number of amides is 2. The number of benzene rings is 2. The summed E-state index contributed by atoms with van der Waals surface area (Å²) in [5.41, 5.74) is 3.27. The average molecular weight is 555 g/mol. The number of carbonyl (C=O) groups excluding carboxylic acids is 3. The number of nitrogens with zero attached hydrogens (tertiary/aromatic N) is 5. The molecule has 1 aliphatic carbocycles. The number of nitrogens with one attached hydrogen (secondary N) is 1. The maximum atomic E-state index is 13.8. The highest BCUT2D eigenvalue weighted by molar-refractivity contribution is 6.06. The monoisotopic (exact) mass is 554 g/mol. The Morgan fingerprint density at radius 3 is 2.46 bits per heavy atom. The third-order valence-corrected chi connectivity index (χ3v) is 8.44. The van der Waals surface area contributed by atoms with E-state index in [4.69, 9.17) is 0 Å². The Balaban J connectivity index is 1.25. The van der Waals surface area contributed by atoms with Crippen LogP contribution in [0, 0.1) is 18.2 Å². The molecule has 0 radical (unpaired) electrons. The number of rotatable bonds is 7. The Bertz CT molecular complexity index is 1680. The molecule has 41 heavy (non-hydrogen) atoms. The molecule has 4 aromatic rings. The molecular formula is C31H31FN6O3. The minimum absolute atomic E-state index is 0.0193. The van der Waals surface area contributed by atoms with E-state index >= 15 is 0 Å². The second kappa shape index (κ2) is 9.87. The molecule has 2 amide bonds. The Kier molecular flexibility index (Phi) is 6.43. The molecule has 1 N–H and O–H groups in total. The van der Waals surface area contributed by atoms with Crippen molar-refractivity contribution in [1.82, 2.24) is 30.0 Å². The average Bonchev–Trinajstić information content (AvgIpc) is 3.30. The molecule has 10 heteroatoms. The molecule has 3 heterocycles. The zero-order valence-corrected chi connectivity index (χ0v) is 23.4. The van der Waals surface area contributed by atoms with Crippen LogP contribution in [-0.2, 0) is 16.1 Å². The fourth-order valence-corrected chi connectivity index (χ4v) is 6.00. The summed E-state index contributed by atoms with van der Waals surface area (Å²) in [5, 5.41) is 8.18. The second-order valence-electron chi connectivity index (χ2n) is 11.5. The van der Waals surface area contributed by atoms with Gasteiger partial charge in [0, 0.05) is 36.3 Å². The standard InChI is InChI=1S/C31H31FN6O3/c1-17(20-5-8-23(32)9-6-20)35-30(41)26-12-31(4)13-27(31)38(26)28(40)16-37-25-10-7-21(22-14-33-19(3)34-15-22)11-24(25)29(36-37)18(2)39/h5-11,14-15,17,26-27H,12-13,16H2,1-4H3,(H,35,41)/t17-,26-,27+,31-/m0/s1. The highest BCUT2D eigenvalue weighted by Crippen LogP contribution is 2.59. The number of carbonyl (C=O) groups is 3. The molecule has 1 saturated carbocycles. The molecule has 4 atom stereocenters. The number of hydrogen-bond donors (Lipinski definition) is 1. The van der Waals surface area contributed by atoms with Crippen molar-refractivity contribution in [2.24, 2.45) is 5.41 Å². The molecule has 2 fully saturated rings. The van der Waals surface area contributed by atoms with Crippen LogP contribution in [0.5, 0.6) is 0 Å². The summed E-state index contributed by atoms with van der Waals surface area (Å²) in [6.45, 7) is 7.11. The third-order valence-electron chi connectivity index (χ3n) is 8.44. The van der Waals surface area contributed by atoms with Crippen LogP contribution in [0.3, 0.4) is 0 Å². The van der Waals surface area contributed by atoms with Gasteiger partial charge in [-0.3, -0.25) is 19.1 Å². The van der Waals surface area contributed by atoms with Crippen molar-refractivity contribution in [2.45, 2.75) is 65.2 Å². The number of hydrogen-bond acceptors (Lipinski definition) is 6. The molecule has 0 unspecified atom stereocenters. The third kappa shape index (κ3) is 4.87. The van der Waals surface area contributed by atoms with E-state index in [1.165, 1.54) is 19.1 Å². The largest absolute Gasteiger partial charge is 0.348 e. The highest BCUT2D eigenvalue weighted by atomic mass is 19.1. The Morgan fingerprint density at radius 2 is 1.78 bits per heavy atom. The maximum Gasteiger partial charge on any atom is 0.245 e. The van der Waals surface area contributed by atoms with E-state index in [0.717, 1.165) is 23.1 Å². The van der Waals surface area contributed by atoms with Gasteiger partial charge in [-0.25, -0.2) is 14.4 Å². The molecule has 2 aromatic heterocycles. The molecule has 0 bridgehead atoms. The van der Waals surface area contributed by atoms with Gasteiger partial charge in [0.15, 0.2) is 5.78 Å². The number of aromatic nitrogens is 4. The van der Waals surface area contributed by atoms with Crippen LogP contribution >= 0.6 is 0 Å². The van der Waals surface area contributed by atoms with Gasteiger partial charge in [-0.2, -0.15) is 5.10 Å². The Hall–Kier alpha value is -4.47. The van der Waals surface area contributed by atoms with Gasteiger partial charge in [0.2, 0.25) is 11.8 Å². The van der Waals surface area contributed by atoms with Crippen molar-refractivity contribution in [1.29, 1.82) is 0 Å².